The van der Waals surface area contributed by atoms with Gasteiger partial charge in [0, 0.05) is 32.0 Å². The van der Waals surface area contributed by atoms with Crippen LogP contribution in [0.2, 0.25) is 0 Å². The third kappa shape index (κ3) is 4.36. The van der Waals surface area contributed by atoms with Gasteiger partial charge in [0.15, 0.2) is 5.01 Å². The van der Waals surface area contributed by atoms with Crippen molar-refractivity contribution in [1.82, 2.24) is 20.1 Å². The summed E-state index contributed by atoms with van der Waals surface area (Å²) < 4.78 is 6.20. The number of hydrogen-bond donors (Lipinski definition) is 1. The van der Waals surface area contributed by atoms with Crippen molar-refractivity contribution < 1.29 is 9.53 Å². The van der Waals surface area contributed by atoms with E-state index in [1.165, 1.54) is 16.9 Å². The van der Waals surface area contributed by atoms with Gasteiger partial charge in [-0.15, -0.1) is 11.3 Å². The van der Waals surface area contributed by atoms with Gasteiger partial charge in [0.1, 0.15) is 0 Å². The number of nitrogens with zero attached hydrogens (tertiary/aromatic N) is 3. The summed E-state index contributed by atoms with van der Waals surface area (Å²) in [6.07, 6.45) is 3.63. The number of benzene rings is 2. The van der Waals surface area contributed by atoms with Gasteiger partial charge in [-0.05, 0) is 30.2 Å². The molecular formula is C22H22N4O2S. The molecule has 148 valence electrons. The molecule has 0 atom stereocenters. The number of nitrogens with one attached hydrogen (secondary N) is 1. The highest BCUT2D eigenvalue weighted by molar-refractivity contribution is 7.20. The topological polar surface area (TPSA) is 71.1 Å². The van der Waals surface area contributed by atoms with Crippen molar-refractivity contribution >= 4 is 27.5 Å². The van der Waals surface area contributed by atoms with Crippen molar-refractivity contribution in [3.05, 3.63) is 71.0 Å². The first-order valence-corrected chi connectivity index (χ1v) is 10.2. The fourth-order valence-electron chi connectivity index (χ4n) is 3.22. The van der Waals surface area contributed by atoms with E-state index in [2.05, 4.69) is 40.3 Å². The highest BCUT2D eigenvalue weighted by atomic mass is 32.1. The number of aromatic nitrogens is 3. The van der Waals surface area contributed by atoms with Crippen LogP contribution < -0.4 is 0 Å². The zero-order chi connectivity index (χ0) is 20.2. The van der Waals surface area contributed by atoms with E-state index in [0.717, 1.165) is 26.9 Å². The van der Waals surface area contributed by atoms with E-state index in [-0.39, 0.29) is 5.91 Å². The molecule has 0 saturated heterocycles. The molecule has 2 aromatic heterocycles. The number of methoxy groups -OCH3 is 1. The highest BCUT2D eigenvalue weighted by Crippen LogP contribution is 2.28. The average Bonchev–Trinajstić information content (AvgIpc) is 3.39. The molecule has 1 N–H and O–H groups in total. The summed E-state index contributed by atoms with van der Waals surface area (Å²) in [5, 5.41) is 7.32. The van der Waals surface area contributed by atoms with Crippen molar-refractivity contribution in [2.75, 3.05) is 20.3 Å². The van der Waals surface area contributed by atoms with Gasteiger partial charge in [0.2, 0.25) is 0 Å². The number of ether oxygens (including phenoxy) is 1. The van der Waals surface area contributed by atoms with E-state index in [1.54, 1.807) is 18.2 Å². The molecule has 0 aliphatic heterocycles. The zero-order valence-corrected chi connectivity index (χ0v) is 17.2. The van der Waals surface area contributed by atoms with Crippen LogP contribution in [0.5, 0.6) is 0 Å². The first-order valence-electron chi connectivity index (χ1n) is 9.37. The summed E-state index contributed by atoms with van der Waals surface area (Å²) in [6.45, 7) is 3.57. The lowest BCUT2D eigenvalue weighted by Crippen LogP contribution is -2.33. The first kappa shape index (κ1) is 19.3. The third-order valence-corrected chi connectivity index (χ3v) is 5.72. The molecule has 0 aliphatic carbocycles. The van der Waals surface area contributed by atoms with Gasteiger partial charge >= 0.3 is 0 Å². The van der Waals surface area contributed by atoms with Crippen LogP contribution in [0.4, 0.5) is 0 Å². The lowest BCUT2D eigenvalue weighted by molar-refractivity contribution is 0.0680. The summed E-state index contributed by atoms with van der Waals surface area (Å²) in [5.41, 5.74) is 5.15. The Balaban J connectivity index is 1.61. The molecular weight excluding hydrogens is 384 g/mol. The Morgan fingerprint density at radius 1 is 1.21 bits per heavy atom. The minimum atomic E-state index is -0.0744. The van der Waals surface area contributed by atoms with E-state index in [4.69, 9.17) is 4.74 Å². The number of thiazole rings is 1. The zero-order valence-electron chi connectivity index (χ0n) is 16.4. The molecule has 4 aromatic rings. The van der Waals surface area contributed by atoms with Gasteiger partial charge in [0.05, 0.1) is 23.0 Å². The number of hydrogen-bond acceptors (Lipinski definition) is 5. The van der Waals surface area contributed by atoms with Crippen LogP contribution >= 0.6 is 11.3 Å². The van der Waals surface area contributed by atoms with Crippen molar-refractivity contribution in [3.8, 4) is 11.1 Å². The number of amides is 1. The summed E-state index contributed by atoms with van der Waals surface area (Å²) in [6, 6.07) is 14.2. The quantitative estimate of drug-likeness (QED) is 0.497. The van der Waals surface area contributed by atoms with Crippen LogP contribution in [0.3, 0.4) is 0 Å². The van der Waals surface area contributed by atoms with Crippen LogP contribution in [-0.2, 0) is 11.3 Å². The Kier molecular flexibility index (Phi) is 5.69. The molecule has 2 heterocycles. The van der Waals surface area contributed by atoms with Crippen LogP contribution in [0.1, 0.15) is 20.9 Å². The molecule has 2 aromatic carbocycles. The highest BCUT2D eigenvalue weighted by Gasteiger charge is 2.20. The standard InChI is InChI=1S/C22H22N4O2S/c1-15-4-3-5-16(10-15)14-26(8-9-28-2)22(27)21-25-19-7-6-17(11-20(19)29-21)18-12-23-24-13-18/h3-7,10-13H,8-9,14H2,1-2H3,(H,23,24). The van der Waals surface area contributed by atoms with E-state index in [0.29, 0.717) is 24.7 Å². The minimum absolute atomic E-state index is 0.0744. The van der Waals surface area contributed by atoms with E-state index < -0.39 is 0 Å². The van der Waals surface area contributed by atoms with Gasteiger partial charge in [-0.3, -0.25) is 9.89 Å². The van der Waals surface area contributed by atoms with Crippen LogP contribution in [0.25, 0.3) is 21.3 Å². The van der Waals surface area contributed by atoms with E-state index in [1.807, 2.05) is 30.5 Å². The average molecular weight is 407 g/mol. The lowest BCUT2D eigenvalue weighted by Gasteiger charge is -2.21. The lowest BCUT2D eigenvalue weighted by atomic mass is 10.1. The second kappa shape index (κ2) is 8.55. The maximum atomic E-state index is 13.2. The minimum Gasteiger partial charge on any atom is -0.383 e. The van der Waals surface area contributed by atoms with Crippen molar-refractivity contribution in [2.24, 2.45) is 0 Å². The Morgan fingerprint density at radius 3 is 2.86 bits per heavy atom. The molecule has 29 heavy (non-hydrogen) atoms. The van der Waals surface area contributed by atoms with E-state index in [9.17, 15) is 4.79 Å². The molecule has 0 bridgehead atoms. The Bertz CT molecular complexity index is 1120. The molecule has 0 saturated carbocycles. The molecule has 6 nitrogen and oxygen atoms in total. The Labute approximate surface area is 173 Å². The number of fused-ring (bicyclic) bond motifs is 1. The third-order valence-electron chi connectivity index (χ3n) is 4.71. The SMILES string of the molecule is COCCN(Cc1cccc(C)c1)C(=O)c1nc2ccc(-c3cn[nH]c3)cc2s1. The van der Waals surface area contributed by atoms with Crippen molar-refractivity contribution in [3.63, 3.8) is 0 Å². The molecule has 0 radical (unpaired) electrons. The normalized spacial score (nSPS) is 11.1. The van der Waals surface area contributed by atoms with Gasteiger partial charge in [0.25, 0.3) is 5.91 Å². The molecule has 0 spiro atoms. The Morgan fingerprint density at radius 2 is 2.10 bits per heavy atom. The number of H-pyrrole nitrogens is 1. The summed E-state index contributed by atoms with van der Waals surface area (Å²) >= 11 is 1.42. The van der Waals surface area contributed by atoms with Gasteiger partial charge in [-0.2, -0.15) is 5.10 Å². The van der Waals surface area contributed by atoms with Crippen LogP contribution in [-0.4, -0.2) is 46.2 Å². The molecule has 0 fully saturated rings. The number of aromatic amines is 1. The maximum absolute atomic E-state index is 13.2. The van der Waals surface area contributed by atoms with Gasteiger partial charge in [-0.25, -0.2) is 4.98 Å². The summed E-state index contributed by atoms with van der Waals surface area (Å²) in [5.74, 6) is -0.0744. The van der Waals surface area contributed by atoms with Crippen molar-refractivity contribution in [2.45, 2.75) is 13.5 Å². The van der Waals surface area contributed by atoms with E-state index >= 15 is 0 Å². The molecule has 1 amide bonds. The maximum Gasteiger partial charge on any atom is 0.283 e. The fraction of sp³-hybridized carbons (Fsp3) is 0.227. The molecule has 0 aliphatic rings. The fourth-order valence-corrected chi connectivity index (χ4v) is 4.20. The Hall–Kier alpha value is -3.03. The first-order chi connectivity index (χ1) is 14.1. The largest absolute Gasteiger partial charge is 0.383 e. The second-order valence-electron chi connectivity index (χ2n) is 6.90. The van der Waals surface area contributed by atoms with Gasteiger partial charge in [-0.1, -0.05) is 35.9 Å². The molecule has 0 unspecified atom stereocenters. The second-order valence-corrected chi connectivity index (χ2v) is 7.93. The number of carbonyl (C=O) groups excluding carboxylic acids is 1. The van der Waals surface area contributed by atoms with Crippen LogP contribution in [0.15, 0.2) is 54.9 Å². The number of aryl methyl sites for hydroxylation is 1. The smallest absolute Gasteiger partial charge is 0.283 e. The predicted molar refractivity (Wildman–Crippen MR) is 115 cm³/mol. The number of rotatable bonds is 7. The van der Waals surface area contributed by atoms with Crippen LogP contribution in [0, 0.1) is 6.92 Å². The summed E-state index contributed by atoms with van der Waals surface area (Å²) in [7, 11) is 1.64. The molecule has 7 heteroatoms. The number of carbonyl (C=O) groups is 1. The van der Waals surface area contributed by atoms with Crippen molar-refractivity contribution in [1.29, 1.82) is 0 Å². The molecule has 4 rings (SSSR count). The summed E-state index contributed by atoms with van der Waals surface area (Å²) in [4.78, 5) is 19.6. The monoisotopic (exact) mass is 406 g/mol. The predicted octanol–water partition coefficient (Wildman–Crippen LogP) is 4.28. The van der Waals surface area contributed by atoms with Gasteiger partial charge < -0.3 is 9.64 Å².